The maximum absolute atomic E-state index is 12.8. The van der Waals surface area contributed by atoms with E-state index in [1.165, 1.54) is 51.8 Å². The number of carbonyl (C=O) groups is 1. The van der Waals surface area contributed by atoms with Crippen molar-refractivity contribution in [2.45, 2.75) is 0 Å². The number of methoxy groups -OCH3 is 3. The Balaban J connectivity index is 2.00. The summed E-state index contributed by atoms with van der Waals surface area (Å²) in [7, 11) is 4.27. The molecule has 0 radical (unpaired) electrons. The molecule has 0 spiro atoms. The van der Waals surface area contributed by atoms with Crippen LogP contribution in [-0.4, -0.2) is 54.9 Å². The van der Waals surface area contributed by atoms with E-state index < -0.39 is 23.8 Å². The number of fused-ring (bicyclic) bond motifs is 1. The van der Waals surface area contributed by atoms with Crippen molar-refractivity contribution in [2.24, 2.45) is 5.10 Å². The Kier molecular flexibility index (Phi) is 6.24. The van der Waals surface area contributed by atoms with E-state index in [1.807, 2.05) is 0 Å². The van der Waals surface area contributed by atoms with E-state index in [-0.39, 0.29) is 22.4 Å². The van der Waals surface area contributed by atoms with Gasteiger partial charge in [0, 0.05) is 6.07 Å². The van der Waals surface area contributed by atoms with Crippen molar-refractivity contribution in [1.29, 1.82) is 0 Å². The summed E-state index contributed by atoms with van der Waals surface area (Å²) in [5.41, 5.74) is -0.627. The van der Waals surface area contributed by atoms with Crippen molar-refractivity contribution in [3.05, 3.63) is 56.7 Å². The lowest BCUT2D eigenvalue weighted by Gasteiger charge is -2.10. The fourth-order valence-electron chi connectivity index (χ4n) is 2.79. The van der Waals surface area contributed by atoms with Crippen LogP contribution in [0.4, 0.5) is 0 Å². The summed E-state index contributed by atoms with van der Waals surface area (Å²) < 4.78 is 21.4. The number of hydrogen-bond donors (Lipinski definition) is 2. The zero-order valence-electron chi connectivity index (χ0n) is 16.9. The number of aliphatic carboxylic acids is 1. The SMILES string of the molecule is COc1cc2[nH]c(=O)n(/N=C\c3ccc(OCC(=O)O)c(OC)c3)c(=O)c2cc1OC. The minimum absolute atomic E-state index is 0.185. The van der Waals surface area contributed by atoms with Crippen LogP contribution in [0.3, 0.4) is 0 Å². The van der Waals surface area contributed by atoms with Gasteiger partial charge in [-0.05, 0) is 29.8 Å². The second-order valence-corrected chi connectivity index (χ2v) is 6.14. The van der Waals surface area contributed by atoms with E-state index in [9.17, 15) is 14.4 Å². The molecule has 3 aromatic rings. The summed E-state index contributed by atoms with van der Waals surface area (Å²) in [6.07, 6.45) is 1.28. The smallest absolute Gasteiger partial charge is 0.349 e. The fraction of sp³-hybridized carbons (Fsp3) is 0.200. The average Bonchev–Trinajstić information content (AvgIpc) is 2.76. The number of carboxylic acids is 1. The largest absolute Gasteiger partial charge is 0.493 e. The Labute approximate surface area is 175 Å². The molecule has 0 aliphatic heterocycles. The number of aromatic amines is 1. The Hall–Kier alpha value is -4.28. The van der Waals surface area contributed by atoms with Gasteiger partial charge in [-0.2, -0.15) is 5.10 Å². The van der Waals surface area contributed by atoms with E-state index in [1.54, 1.807) is 6.07 Å². The molecule has 162 valence electrons. The molecule has 0 fully saturated rings. The van der Waals surface area contributed by atoms with Gasteiger partial charge in [-0.15, -0.1) is 4.68 Å². The molecule has 0 bridgehead atoms. The van der Waals surface area contributed by atoms with Crippen LogP contribution in [0.2, 0.25) is 0 Å². The normalized spacial score (nSPS) is 10.9. The van der Waals surface area contributed by atoms with E-state index in [0.29, 0.717) is 21.7 Å². The van der Waals surface area contributed by atoms with Crippen LogP contribution < -0.4 is 30.2 Å². The number of hydrogen-bond acceptors (Lipinski definition) is 8. The highest BCUT2D eigenvalue weighted by molar-refractivity contribution is 5.83. The van der Waals surface area contributed by atoms with Crippen LogP contribution in [0.15, 0.2) is 45.0 Å². The molecule has 0 unspecified atom stereocenters. The van der Waals surface area contributed by atoms with Crippen LogP contribution in [-0.2, 0) is 4.79 Å². The third kappa shape index (κ3) is 4.50. The van der Waals surface area contributed by atoms with E-state index >= 15 is 0 Å². The molecule has 1 heterocycles. The molecule has 11 heteroatoms. The van der Waals surface area contributed by atoms with Gasteiger partial charge in [-0.25, -0.2) is 9.59 Å². The van der Waals surface area contributed by atoms with Gasteiger partial charge < -0.3 is 29.0 Å². The first-order chi connectivity index (χ1) is 14.9. The number of H-pyrrole nitrogens is 1. The molecule has 0 saturated heterocycles. The third-order valence-corrected chi connectivity index (χ3v) is 4.24. The van der Waals surface area contributed by atoms with Crippen molar-refractivity contribution in [3.8, 4) is 23.0 Å². The highest BCUT2D eigenvalue weighted by atomic mass is 16.5. The molecule has 11 nitrogen and oxygen atoms in total. The molecular formula is C20H19N3O8. The van der Waals surface area contributed by atoms with Gasteiger partial charge >= 0.3 is 11.7 Å². The van der Waals surface area contributed by atoms with Gasteiger partial charge in [0.25, 0.3) is 5.56 Å². The summed E-state index contributed by atoms with van der Waals surface area (Å²) in [5.74, 6) is 0.0578. The first-order valence-corrected chi connectivity index (χ1v) is 8.86. The van der Waals surface area contributed by atoms with Gasteiger partial charge in [0.15, 0.2) is 29.6 Å². The average molecular weight is 429 g/mol. The number of benzene rings is 2. The quantitative estimate of drug-likeness (QED) is 0.507. The van der Waals surface area contributed by atoms with Crippen molar-refractivity contribution in [2.75, 3.05) is 27.9 Å². The van der Waals surface area contributed by atoms with E-state index in [2.05, 4.69) is 10.1 Å². The van der Waals surface area contributed by atoms with E-state index in [4.69, 9.17) is 24.1 Å². The molecule has 1 aromatic heterocycles. The summed E-state index contributed by atoms with van der Waals surface area (Å²) in [5, 5.41) is 12.9. The van der Waals surface area contributed by atoms with Gasteiger partial charge in [0.2, 0.25) is 0 Å². The summed E-state index contributed by atoms with van der Waals surface area (Å²) >= 11 is 0. The zero-order valence-corrected chi connectivity index (χ0v) is 16.9. The molecule has 0 aliphatic rings. The van der Waals surface area contributed by atoms with Gasteiger partial charge in [-0.3, -0.25) is 4.79 Å². The standard InChI is InChI=1S/C20H19N3O8/c1-28-15-6-11(4-5-14(15)31-10-18(24)25)9-21-23-19(26)12-7-16(29-2)17(30-3)8-13(12)22-20(23)27/h4-9H,10H2,1-3H3,(H,22,27)(H,24,25)/b21-9-. The zero-order chi connectivity index (χ0) is 22.5. The lowest BCUT2D eigenvalue weighted by atomic mass is 10.2. The Morgan fingerprint density at radius 2 is 1.68 bits per heavy atom. The second kappa shape index (κ2) is 9.03. The molecule has 3 rings (SSSR count). The Morgan fingerprint density at radius 3 is 2.32 bits per heavy atom. The van der Waals surface area contributed by atoms with Crippen LogP contribution in [0.25, 0.3) is 10.9 Å². The highest BCUT2D eigenvalue weighted by Gasteiger charge is 2.13. The number of rotatable bonds is 8. The maximum Gasteiger partial charge on any atom is 0.349 e. The first kappa shape index (κ1) is 21.4. The Bertz CT molecular complexity index is 1280. The maximum atomic E-state index is 12.8. The van der Waals surface area contributed by atoms with Gasteiger partial charge in [0.05, 0.1) is 38.4 Å². The fourth-order valence-corrected chi connectivity index (χ4v) is 2.79. The summed E-state index contributed by atoms with van der Waals surface area (Å²) in [4.78, 5) is 38.4. The molecular weight excluding hydrogens is 410 g/mol. The molecule has 2 N–H and O–H groups in total. The topological polar surface area (TPSA) is 141 Å². The van der Waals surface area contributed by atoms with Gasteiger partial charge in [-0.1, -0.05) is 0 Å². The second-order valence-electron chi connectivity index (χ2n) is 6.14. The van der Waals surface area contributed by atoms with Crippen LogP contribution >= 0.6 is 0 Å². The monoisotopic (exact) mass is 429 g/mol. The lowest BCUT2D eigenvalue weighted by Crippen LogP contribution is -2.32. The number of ether oxygens (including phenoxy) is 4. The van der Waals surface area contributed by atoms with Gasteiger partial charge in [0.1, 0.15) is 0 Å². The summed E-state index contributed by atoms with van der Waals surface area (Å²) in [6.45, 7) is -0.528. The molecule has 31 heavy (non-hydrogen) atoms. The Morgan fingerprint density at radius 1 is 1.03 bits per heavy atom. The molecule has 0 saturated carbocycles. The van der Waals surface area contributed by atoms with Crippen LogP contribution in [0, 0.1) is 0 Å². The van der Waals surface area contributed by atoms with Crippen molar-refractivity contribution in [3.63, 3.8) is 0 Å². The minimum Gasteiger partial charge on any atom is -0.493 e. The van der Waals surface area contributed by atoms with Crippen molar-refractivity contribution < 1.29 is 28.8 Å². The third-order valence-electron chi connectivity index (χ3n) is 4.24. The predicted octanol–water partition coefficient (Wildman–Crippen LogP) is 1.06. The lowest BCUT2D eigenvalue weighted by molar-refractivity contribution is -0.139. The van der Waals surface area contributed by atoms with E-state index in [0.717, 1.165) is 0 Å². The number of aromatic nitrogens is 2. The molecule has 0 amide bonds. The molecule has 0 atom stereocenters. The highest BCUT2D eigenvalue weighted by Crippen LogP contribution is 2.29. The predicted molar refractivity (Wildman–Crippen MR) is 111 cm³/mol. The molecule has 0 aliphatic carbocycles. The number of nitrogens with one attached hydrogen (secondary N) is 1. The molecule has 2 aromatic carbocycles. The minimum atomic E-state index is -1.13. The number of carboxylic acid groups (broad SMARTS) is 1. The number of nitrogens with zero attached hydrogens (tertiary/aromatic N) is 2. The van der Waals surface area contributed by atoms with Crippen molar-refractivity contribution >= 4 is 23.1 Å². The van der Waals surface area contributed by atoms with Crippen LogP contribution in [0.5, 0.6) is 23.0 Å². The van der Waals surface area contributed by atoms with Crippen molar-refractivity contribution in [1.82, 2.24) is 9.66 Å². The first-order valence-electron chi connectivity index (χ1n) is 8.86. The summed E-state index contributed by atoms with van der Waals surface area (Å²) in [6, 6.07) is 7.53. The van der Waals surface area contributed by atoms with Crippen LogP contribution in [0.1, 0.15) is 5.56 Å².